The largest absolute Gasteiger partial charge is 0.573 e. The van der Waals surface area contributed by atoms with Crippen LogP contribution in [0.3, 0.4) is 0 Å². The van der Waals surface area contributed by atoms with E-state index in [4.69, 9.17) is 20.4 Å². The molecule has 0 saturated carbocycles. The molecule has 18 heteroatoms. The third-order valence-corrected chi connectivity index (χ3v) is 5.85. The summed E-state index contributed by atoms with van der Waals surface area (Å²) in [7, 11) is 0. The Hall–Kier alpha value is -4.03. The number of carboxylic acids is 2. The Kier molecular flexibility index (Phi) is 9.72. The average molecular weight is 595 g/mol. The second kappa shape index (κ2) is 12.6. The van der Waals surface area contributed by atoms with E-state index >= 15 is 0 Å². The molecule has 0 aliphatic carbocycles. The third-order valence-electron chi connectivity index (χ3n) is 5.85. The van der Waals surface area contributed by atoms with Gasteiger partial charge in [-0.25, -0.2) is 14.6 Å². The van der Waals surface area contributed by atoms with Crippen molar-refractivity contribution in [3.63, 3.8) is 0 Å². The van der Waals surface area contributed by atoms with Crippen LogP contribution in [0.4, 0.5) is 26.3 Å². The lowest BCUT2D eigenvalue weighted by Gasteiger charge is -2.32. The van der Waals surface area contributed by atoms with E-state index in [-0.39, 0.29) is 17.4 Å². The molecule has 1 aliphatic heterocycles. The number of aliphatic hydroxyl groups is 2. The number of alkyl halides is 6. The summed E-state index contributed by atoms with van der Waals surface area (Å²) in [5.41, 5.74) is 0.140. The number of piperidine rings is 1. The number of hydrogen-bond donors (Lipinski definition) is 4. The molecule has 0 radical (unpaired) electrons. The topological polar surface area (TPSA) is 171 Å². The summed E-state index contributed by atoms with van der Waals surface area (Å²) >= 11 is 0. The molecule has 4 rings (SSSR count). The highest BCUT2D eigenvalue weighted by molar-refractivity contribution is 5.83. The average Bonchev–Trinajstić information content (AvgIpc) is 3.36. The Labute approximate surface area is 226 Å². The van der Waals surface area contributed by atoms with Gasteiger partial charge in [0.05, 0.1) is 5.69 Å². The minimum absolute atomic E-state index is 0.109. The van der Waals surface area contributed by atoms with Gasteiger partial charge in [-0.1, -0.05) is 12.1 Å². The zero-order valence-corrected chi connectivity index (χ0v) is 20.7. The molecular weight excluding hydrogens is 572 g/mol. The normalized spacial score (nSPS) is 17.8. The SMILES string of the molecule is FC(F)(F)Oc1ccc(CN2CCCC(c3cc(C(F)(F)F)n4ncnc4n3)C2)cc1.O=C(O)C(O)C(O)C(=O)O. The Morgan fingerprint density at radius 2 is 1.63 bits per heavy atom. The molecule has 1 fully saturated rings. The first-order valence-corrected chi connectivity index (χ1v) is 11.7. The summed E-state index contributed by atoms with van der Waals surface area (Å²) in [5.74, 6) is -4.19. The Morgan fingerprint density at radius 3 is 2.17 bits per heavy atom. The van der Waals surface area contributed by atoms with Crippen LogP contribution >= 0.6 is 0 Å². The molecule has 0 bridgehead atoms. The van der Waals surface area contributed by atoms with Crippen LogP contribution in [-0.2, 0) is 22.3 Å². The van der Waals surface area contributed by atoms with E-state index in [1.165, 1.54) is 24.3 Å². The van der Waals surface area contributed by atoms with Gasteiger partial charge in [0.25, 0.3) is 5.78 Å². The van der Waals surface area contributed by atoms with Gasteiger partial charge in [-0.05, 0) is 43.1 Å². The Morgan fingerprint density at radius 1 is 1.02 bits per heavy atom. The standard InChI is InChI=1S/C19H17F6N5O.C4H6O6/c20-18(21,22)16-8-15(28-17-26-11-27-30(16)17)13-2-1-7-29(10-13)9-12-3-5-14(6-4-12)31-19(23,24)25;5-1(3(7)8)2(6)4(9)10/h3-6,8,11,13H,1-2,7,9-10H2;1-2,5-6H,(H,7,8)(H,9,10). The van der Waals surface area contributed by atoms with Crippen LogP contribution in [0, 0.1) is 0 Å². The van der Waals surface area contributed by atoms with E-state index in [0.717, 1.165) is 30.9 Å². The molecule has 3 aromatic rings. The first-order valence-electron chi connectivity index (χ1n) is 11.7. The summed E-state index contributed by atoms with van der Waals surface area (Å²) in [6.45, 7) is 1.63. The number of benzene rings is 1. The molecule has 3 atom stereocenters. The van der Waals surface area contributed by atoms with Crippen LogP contribution in [0.15, 0.2) is 36.7 Å². The maximum atomic E-state index is 13.4. The van der Waals surface area contributed by atoms with E-state index in [1.807, 2.05) is 4.90 Å². The number of fused-ring (bicyclic) bond motifs is 1. The van der Waals surface area contributed by atoms with Crippen molar-refractivity contribution < 1.29 is 61.1 Å². The summed E-state index contributed by atoms with van der Waals surface area (Å²) in [4.78, 5) is 29.6. The van der Waals surface area contributed by atoms with Crippen molar-refractivity contribution in [2.24, 2.45) is 0 Å². The number of likely N-dealkylation sites (tertiary alicyclic amines) is 1. The summed E-state index contributed by atoms with van der Waals surface area (Å²) in [6, 6.07) is 6.56. The molecule has 3 unspecified atom stereocenters. The highest BCUT2D eigenvalue weighted by Gasteiger charge is 2.36. The van der Waals surface area contributed by atoms with Crippen LogP contribution in [0.1, 0.15) is 35.7 Å². The van der Waals surface area contributed by atoms with E-state index in [9.17, 15) is 35.9 Å². The number of aliphatic carboxylic acids is 2. The van der Waals surface area contributed by atoms with Gasteiger partial charge < -0.3 is 25.2 Å². The second-order valence-corrected chi connectivity index (χ2v) is 8.87. The molecule has 1 saturated heterocycles. The lowest BCUT2D eigenvalue weighted by atomic mass is 9.93. The molecule has 3 heterocycles. The fraction of sp³-hybridized carbons (Fsp3) is 0.435. The third kappa shape index (κ3) is 8.73. The van der Waals surface area contributed by atoms with E-state index in [1.54, 1.807) is 0 Å². The predicted molar refractivity (Wildman–Crippen MR) is 123 cm³/mol. The lowest BCUT2D eigenvalue weighted by molar-refractivity contribution is -0.274. The maximum Gasteiger partial charge on any atom is 0.573 e. The van der Waals surface area contributed by atoms with Gasteiger partial charge in [-0.3, -0.25) is 4.90 Å². The molecule has 41 heavy (non-hydrogen) atoms. The molecular formula is C23H23F6N5O7. The number of halogens is 6. The van der Waals surface area contributed by atoms with Gasteiger partial charge in [-0.15, -0.1) is 13.2 Å². The van der Waals surface area contributed by atoms with Crippen LogP contribution in [0.25, 0.3) is 5.78 Å². The van der Waals surface area contributed by atoms with Crippen molar-refractivity contribution in [3.8, 4) is 5.75 Å². The van der Waals surface area contributed by atoms with Gasteiger partial charge >= 0.3 is 24.5 Å². The smallest absolute Gasteiger partial charge is 0.479 e. The molecule has 0 amide bonds. The highest BCUT2D eigenvalue weighted by Crippen LogP contribution is 2.33. The molecule has 224 valence electrons. The predicted octanol–water partition coefficient (Wildman–Crippen LogP) is 2.30. The van der Waals surface area contributed by atoms with Crippen molar-refractivity contribution in [1.82, 2.24) is 24.5 Å². The number of carboxylic acid groups (broad SMARTS) is 2. The zero-order chi connectivity index (χ0) is 30.5. The Bertz CT molecular complexity index is 1330. The first kappa shape index (κ1) is 31.5. The van der Waals surface area contributed by atoms with Crippen LogP contribution < -0.4 is 4.74 Å². The summed E-state index contributed by atoms with van der Waals surface area (Å²) < 4.78 is 81.7. The fourth-order valence-electron chi connectivity index (χ4n) is 4.01. The summed E-state index contributed by atoms with van der Waals surface area (Å²) in [5, 5.41) is 36.1. The fourth-order valence-corrected chi connectivity index (χ4v) is 4.01. The van der Waals surface area contributed by atoms with Gasteiger partial charge in [0.2, 0.25) is 0 Å². The Balaban J connectivity index is 0.000000397. The van der Waals surface area contributed by atoms with Crippen molar-refractivity contribution in [2.75, 3.05) is 13.1 Å². The highest BCUT2D eigenvalue weighted by atomic mass is 19.4. The number of nitrogens with zero attached hydrogens (tertiary/aromatic N) is 5. The van der Waals surface area contributed by atoms with Crippen LogP contribution in [-0.4, -0.2) is 88.5 Å². The molecule has 0 spiro atoms. The molecule has 1 aliphatic rings. The van der Waals surface area contributed by atoms with Gasteiger partial charge in [0.15, 0.2) is 17.9 Å². The van der Waals surface area contributed by atoms with Crippen molar-refractivity contribution >= 4 is 17.7 Å². The maximum absolute atomic E-state index is 13.4. The first-order chi connectivity index (χ1) is 19.0. The van der Waals surface area contributed by atoms with Crippen molar-refractivity contribution in [1.29, 1.82) is 0 Å². The zero-order valence-electron chi connectivity index (χ0n) is 20.7. The summed E-state index contributed by atoms with van der Waals surface area (Å²) in [6.07, 6.45) is -11.4. The molecule has 4 N–H and O–H groups in total. The number of carbonyl (C=O) groups is 2. The number of rotatable bonds is 7. The van der Waals surface area contributed by atoms with E-state index in [2.05, 4.69) is 19.8 Å². The van der Waals surface area contributed by atoms with Crippen LogP contribution in [0.2, 0.25) is 0 Å². The van der Waals surface area contributed by atoms with Gasteiger partial charge in [-0.2, -0.15) is 27.8 Å². The van der Waals surface area contributed by atoms with Gasteiger partial charge in [0.1, 0.15) is 12.1 Å². The van der Waals surface area contributed by atoms with E-state index < -0.39 is 42.4 Å². The number of ether oxygens (including phenoxy) is 1. The number of hydrogen-bond acceptors (Lipinski definition) is 9. The quantitative estimate of drug-likeness (QED) is 0.296. The van der Waals surface area contributed by atoms with Gasteiger partial charge in [0, 0.05) is 19.0 Å². The monoisotopic (exact) mass is 595 g/mol. The molecule has 2 aromatic heterocycles. The van der Waals surface area contributed by atoms with Crippen molar-refractivity contribution in [3.05, 3.63) is 53.6 Å². The minimum atomic E-state index is -4.75. The van der Waals surface area contributed by atoms with Crippen molar-refractivity contribution in [2.45, 2.75) is 50.1 Å². The van der Waals surface area contributed by atoms with E-state index in [0.29, 0.717) is 29.7 Å². The number of aliphatic hydroxyl groups excluding tert-OH is 2. The lowest BCUT2D eigenvalue weighted by Crippen LogP contribution is -2.39. The number of aromatic nitrogens is 4. The second-order valence-electron chi connectivity index (χ2n) is 8.87. The molecule has 12 nitrogen and oxygen atoms in total. The minimum Gasteiger partial charge on any atom is -0.479 e. The molecule has 1 aromatic carbocycles. The van der Waals surface area contributed by atoms with Crippen LogP contribution in [0.5, 0.6) is 5.75 Å².